The van der Waals surface area contributed by atoms with Crippen molar-refractivity contribution in [1.82, 2.24) is 24.9 Å². The van der Waals surface area contributed by atoms with Gasteiger partial charge in [0, 0.05) is 43.0 Å². The molecule has 0 radical (unpaired) electrons. The van der Waals surface area contributed by atoms with Crippen molar-refractivity contribution in [3.8, 4) is 11.3 Å². The van der Waals surface area contributed by atoms with Crippen molar-refractivity contribution < 1.29 is 13.6 Å². The van der Waals surface area contributed by atoms with E-state index in [-0.39, 0.29) is 17.8 Å². The number of thiazole rings is 1. The lowest BCUT2D eigenvalue weighted by Crippen LogP contribution is -2.36. The van der Waals surface area contributed by atoms with Gasteiger partial charge in [0.2, 0.25) is 0 Å². The summed E-state index contributed by atoms with van der Waals surface area (Å²) in [5.74, 6) is 0.0966. The van der Waals surface area contributed by atoms with Crippen molar-refractivity contribution in [2.24, 2.45) is 0 Å². The summed E-state index contributed by atoms with van der Waals surface area (Å²) in [7, 11) is 0. The summed E-state index contributed by atoms with van der Waals surface area (Å²) in [6.45, 7) is 4.05. The predicted octanol–water partition coefficient (Wildman–Crippen LogP) is 7.38. The first-order valence-electron chi connectivity index (χ1n) is 16.2. The number of hydrogen-bond donors (Lipinski definition) is 2. The second-order valence-corrected chi connectivity index (χ2v) is 13.6. The third-order valence-corrected chi connectivity index (χ3v) is 10.7. The Morgan fingerprint density at radius 2 is 1.88 bits per heavy atom. The number of nitrogens with zero attached hydrogens (tertiary/aromatic N) is 3. The second kappa shape index (κ2) is 12.6. The first-order valence-corrected chi connectivity index (χ1v) is 17.0. The molecule has 2 saturated heterocycles. The summed E-state index contributed by atoms with van der Waals surface area (Å²) in [6, 6.07) is 9.97. The van der Waals surface area contributed by atoms with Crippen molar-refractivity contribution >= 4 is 32.4 Å². The Hall–Kier alpha value is -2.88. The van der Waals surface area contributed by atoms with Crippen LogP contribution in [0.2, 0.25) is 0 Å². The molecule has 1 amide bonds. The fourth-order valence-corrected chi connectivity index (χ4v) is 8.37. The maximum absolute atomic E-state index is 16.0. The molecule has 228 valence electrons. The van der Waals surface area contributed by atoms with Crippen LogP contribution in [0.3, 0.4) is 0 Å². The van der Waals surface area contributed by atoms with E-state index in [0.717, 1.165) is 84.6 Å². The van der Waals surface area contributed by atoms with Crippen LogP contribution in [0.1, 0.15) is 97.7 Å². The SMILES string of the molecule is O=C(NCCCN1CCC(F)CC1)c1ccc2c(c1)sc1nc(-c3c(F)cc([C@H]4CCCN4)cc3C3CCCCC3)cn12. The molecule has 43 heavy (non-hydrogen) atoms. The van der Waals surface area contributed by atoms with Crippen molar-refractivity contribution in [2.75, 3.05) is 32.7 Å². The van der Waals surface area contributed by atoms with Gasteiger partial charge in [0.25, 0.3) is 5.91 Å². The van der Waals surface area contributed by atoms with E-state index in [1.54, 1.807) is 6.07 Å². The molecule has 0 unspecified atom stereocenters. The third kappa shape index (κ3) is 6.08. The van der Waals surface area contributed by atoms with Crippen LogP contribution in [0.25, 0.3) is 26.4 Å². The number of carbonyl (C=O) groups is 1. The lowest BCUT2D eigenvalue weighted by molar-refractivity contribution is 0.0950. The summed E-state index contributed by atoms with van der Waals surface area (Å²) in [5, 5.41) is 6.58. The Labute approximate surface area is 255 Å². The molecule has 6 nitrogen and oxygen atoms in total. The first kappa shape index (κ1) is 28.9. The molecule has 2 aromatic heterocycles. The number of piperidine rings is 1. The molecule has 2 aliphatic heterocycles. The van der Waals surface area contributed by atoms with E-state index in [1.165, 1.54) is 30.6 Å². The van der Waals surface area contributed by atoms with Gasteiger partial charge in [-0.15, -0.1) is 0 Å². The molecule has 1 atom stereocenters. The molecule has 0 spiro atoms. The maximum Gasteiger partial charge on any atom is 0.251 e. The lowest BCUT2D eigenvalue weighted by atomic mass is 9.80. The number of carbonyl (C=O) groups excluding carboxylic acids is 1. The summed E-state index contributed by atoms with van der Waals surface area (Å²) in [4.78, 5) is 20.9. The van der Waals surface area contributed by atoms with Crippen LogP contribution in [0, 0.1) is 5.82 Å². The number of amides is 1. The van der Waals surface area contributed by atoms with Crippen LogP contribution in [-0.2, 0) is 0 Å². The molecule has 1 aliphatic carbocycles. The number of likely N-dealkylation sites (tertiary alicyclic amines) is 1. The number of imidazole rings is 1. The van der Waals surface area contributed by atoms with E-state index in [4.69, 9.17) is 4.98 Å². The van der Waals surface area contributed by atoms with E-state index in [1.807, 2.05) is 28.8 Å². The Morgan fingerprint density at radius 3 is 2.67 bits per heavy atom. The van der Waals surface area contributed by atoms with Gasteiger partial charge in [-0.05, 0) is 99.3 Å². The van der Waals surface area contributed by atoms with Gasteiger partial charge >= 0.3 is 0 Å². The standard InChI is InChI=1S/C34H41F2N5OS/c35-25-11-16-40(17-12-25)15-5-14-38-33(42)23-9-10-30-31(20-23)43-34-39-29(21-41(30)34)32-26(22-6-2-1-3-7-22)18-24(19-27(32)36)28-8-4-13-37-28/h9-10,18-22,25,28,37H,1-8,11-17H2,(H,38,42)/t28-/m1/s1. The minimum atomic E-state index is -0.664. The van der Waals surface area contributed by atoms with Crippen molar-refractivity contribution in [3.63, 3.8) is 0 Å². The highest BCUT2D eigenvalue weighted by molar-refractivity contribution is 7.23. The smallest absolute Gasteiger partial charge is 0.251 e. The van der Waals surface area contributed by atoms with E-state index >= 15 is 4.39 Å². The fourth-order valence-electron chi connectivity index (χ4n) is 7.32. The molecule has 1 saturated carbocycles. The van der Waals surface area contributed by atoms with E-state index in [2.05, 4.69) is 21.6 Å². The van der Waals surface area contributed by atoms with Gasteiger partial charge in [-0.3, -0.25) is 9.20 Å². The second-order valence-electron chi connectivity index (χ2n) is 12.6. The van der Waals surface area contributed by atoms with Crippen LogP contribution in [0.5, 0.6) is 0 Å². The van der Waals surface area contributed by atoms with E-state index in [0.29, 0.717) is 42.1 Å². The topological polar surface area (TPSA) is 61.7 Å². The number of fused-ring (bicyclic) bond motifs is 3. The molecule has 0 bridgehead atoms. The Balaban J connectivity index is 1.10. The minimum Gasteiger partial charge on any atom is -0.352 e. The zero-order valence-corrected chi connectivity index (χ0v) is 25.5. The summed E-state index contributed by atoms with van der Waals surface area (Å²) in [6.07, 6.45) is 11.4. The Kier molecular flexibility index (Phi) is 8.47. The molecule has 7 rings (SSSR count). The van der Waals surface area contributed by atoms with Crippen LogP contribution in [-0.4, -0.2) is 59.1 Å². The van der Waals surface area contributed by atoms with Gasteiger partial charge in [0.15, 0.2) is 4.96 Å². The largest absolute Gasteiger partial charge is 0.352 e. The number of alkyl halides is 1. The van der Waals surface area contributed by atoms with Crippen LogP contribution in [0.15, 0.2) is 36.5 Å². The molecular formula is C34H41F2N5OS. The van der Waals surface area contributed by atoms with E-state index in [9.17, 15) is 9.18 Å². The quantitative estimate of drug-likeness (QED) is 0.206. The predicted molar refractivity (Wildman–Crippen MR) is 169 cm³/mol. The molecule has 9 heteroatoms. The van der Waals surface area contributed by atoms with Crippen molar-refractivity contribution in [3.05, 3.63) is 59.0 Å². The highest BCUT2D eigenvalue weighted by Crippen LogP contribution is 2.42. The Morgan fingerprint density at radius 1 is 1.05 bits per heavy atom. The molecule has 3 fully saturated rings. The number of hydrogen-bond acceptors (Lipinski definition) is 5. The van der Waals surface area contributed by atoms with Gasteiger partial charge in [-0.2, -0.15) is 0 Å². The van der Waals surface area contributed by atoms with Crippen molar-refractivity contribution in [1.29, 1.82) is 0 Å². The van der Waals surface area contributed by atoms with Gasteiger partial charge in [-0.1, -0.05) is 36.7 Å². The molecule has 4 aromatic rings. The fraction of sp³-hybridized carbons (Fsp3) is 0.529. The average molecular weight is 606 g/mol. The first-order chi connectivity index (χ1) is 21.0. The lowest BCUT2D eigenvalue weighted by Gasteiger charge is -2.28. The summed E-state index contributed by atoms with van der Waals surface area (Å²) >= 11 is 1.53. The number of aromatic nitrogens is 2. The molecule has 2 N–H and O–H groups in total. The third-order valence-electron chi connectivity index (χ3n) is 9.72. The van der Waals surface area contributed by atoms with Crippen molar-refractivity contribution in [2.45, 2.75) is 82.3 Å². The van der Waals surface area contributed by atoms with Gasteiger partial charge in [-0.25, -0.2) is 13.8 Å². The van der Waals surface area contributed by atoms with Gasteiger partial charge in [0.1, 0.15) is 12.0 Å². The van der Waals surface area contributed by atoms with Gasteiger partial charge in [0.05, 0.1) is 15.9 Å². The number of benzene rings is 2. The van der Waals surface area contributed by atoms with Crippen LogP contribution in [0.4, 0.5) is 8.78 Å². The normalized spacial score (nSPS) is 20.8. The zero-order chi connectivity index (χ0) is 29.3. The summed E-state index contributed by atoms with van der Waals surface area (Å²) in [5.41, 5.74) is 5.12. The maximum atomic E-state index is 16.0. The Bertz CT molecular complexity index is 1600. The number of halogens is 2. The van der Waals surface area contributed by atoms with Crippen LogP contribution < -0.4 is 10.6 Å². The molecular weight excluding hydrogens is 564 g/mol. The zero-order valence-electron chi connectivity index (χ0n) is 24.7. The molecule has 3 aliphatic rings. The highest BCUT2D eigenvalue weighted by atomic mass is 32.1. The van der Waals surface area contributed by atoms with Crippen LogP contribution >= 0.6 is 11.3 Å². The number of rotatable bonds is 8. The molecule has 4 heterocycles. The van der Waals surface area contributed by atoms with Gasteiger partial charge < -0.3 is 15.5 Å². The molecule has 2 aromatic carbocycles. The monoisotopic (exact) mass is 605 g/mol. The van der Waals surface area contributed by atoms with E-state index < -0.39 is 6.17 Å². The summed E-state index contributed by atoms with van der Waals surface area (Å²) < 4.78 is 32.4. The number of nitrogens with one attached hydrogen (secondary N) is 2. The minimum absolute atomic E-state index is 0.0906. The average Bonchev–Trinajstić information content (AvgIpc) is 3.77. The highest BCUT2D eigenvalue weighted by Gasteiger charge is 2.27.